The van der Waals surface area contributed by atoms with E-state index in [0.717, 1.165) is 0 Å². The molecule has 0 N–H and O–H groups in total. The number of ether oxygens (including phenoxy) is 2. The number of aryl methyl sites for hydroxylation is 1. The minimum atomic E-state index is -0.547. The molecule has 0 aliphatic heterocycles. The minimum Gasteiger partial charge on any atom is -0.476 e. The van der Waals surface area contributed by atoms with Crippen LogP contribution in [-0.4, -0.2) is 34.5 Å². The van der Waals surface area contributed by atoms with Gasteiger partial charge in [0.25, 0.3) is 5.88 Å². The molecule has 0 aliphatic carbocycles. The van der Waals surface area contributed by atoms with E-state index in [0.29, 0.717) is 23.4 Å². The monoisotopic (exact) mass is 293 g/mol. The van der Waals surface area contributed by atoms with Crippen molar-refractivity contribution in [1.29, 1.82) is 0 Å². The van der Waals surface area contributed by atoms with Crippen molar-refractivity contribution in [3.8, 4) is 17.1 Å². The number of carbonyl (C=O) groups excluding carboxylic acids is 1. The van der Waals surface area contributed by atoms with Crippen LogP contribution < -0.4 is 4.74 Å². The Balaban J connectivity index is 2.50. The van der Waals surface area contributed by atoms with E-state index in [1.165, 1.54) is 24.1 Å². The van der Waals surface area contributed by atoms with Crippen molar-refractivity contribution >= 4 is 5.97 Å². The second-order valence-electron chi connectivity index (χ2n) is 4.38. The third kappa shape index (κ3) is 2.72. The lowest BCUT2D eigenvalue weighted by Crippen LogP contribution is -2.03. The smallest absolute Gasteiger partial charge is 0.358 e. The molecule has 21 heavy (non-hydrogen) atoms. The zero-order valence-electron chi connectivity index (χ0n) is 12.3. The SMILES string of the molecule is CCOc1ncc(-c2cc(C(=O)OC)nn2C)c(C)c1F. The molecule has 2 aromatic heterocycles. The molecule has 6 nitrogen and oxygen atoms in total. The molecule has 112 valence electrons. The molecular formula is C14H16FN3O3. The molecule has 2 aromatic rings. The van der Waals surface area contributed by atoms with Crippen LogP contribution in [0.5, 0.6) is 5.88 Å². The summed E-state index contributed by atoms with van der Waals surface area (Å²) in [4.78, 5) is 15.5. The van der Waals surface area contributed by atoms with Crippen molar-refractivity contribution < 1.29 is 18.7 Å². The summed E-state index contributed by atoms with van der Waals surface area (Å²) >= 11 is 0. The van der Waals surface area contributed by atoms with E-state index in [1.54, 1.807) is 20.9 Å². The molecule has 0 saturated heterocycles. The molecule has 2 heterocycles. The molecule has 0 aliphatic rings. The first-order chi connectivity index (χ1) is 9.99. The van der Waals surface area contributed by atoms with Crippen LogP contribution in [0.1, 0.15) is 23.0 Å². The zero-order valence-corrected chi connectivity index (χ0v) is 12.3. The van der Waals surface area contributed by atoms with Gasteiger partial charge in [-0.05, 0) is 19.9 Å². The lowest BCUT2D eigenvalue weighted by atomic mass is 10.1. The van der Waals surface area contributed by atoms with Gasteiger partial charge in [-0.25, -0.2) is 14.2 Å². The van der Waals surface area contributed by atoms with Crippen molar-refractivity contribution in [3.63, 3.8) is 0 Å². The summed E-state index contributed by atoms with van der Waals surface area (Å²) in [5.74, 6) is -1.10. The first-order valence-electron chi connectivity index (χ1n) is 6.40. The van der Waals surface area contributed by atoms with Gasteiger partial charge in [0.15, 0.2) is 11.5 Å². The Kier molecular flexibility index (Phi) is 4.21. The Morgan fingerprint density at radius 1 is 1.48 bits per heavy atom. The molecule has 2 rings (SSSR count). The largest absolute Gasteiger partial charge is 0.476 e. The number of pyridine rings is 1. The minimum absolute atomic E-state index is 0.0332. The molecular weight excluding hydrogens is 277 g/mol. The van der Waals surface area contributed by atoms with Crippen LogP contribution in [0, 0.1) is 12.7 Å². The van der Waals surface area contributed by atoms with E-state index in [-0.39, 0.29) is 11.6 Å². The average Bonchev–Trinajstić information content (AvgIpc) is 2.85. The first-order valence-corrected chi connectivity index (χ1v) is 6.40. The number of hydrogen-bond acceptors (Lipinski definition) is 5. The van der Waals surface area contributed by atoms with Gasteiger partial charge in [-0.1, -0.05) is 0 Å². The van der Waals surface area contributed by atoms with Crippen LogP contribution in [0.25, 0.3) is 11.3 Å². The molecule has 0 saturated carbocycles. The number of rotatable bonds is 4. The summed E-state index contributed by atoms with van der Waals surface area (Å²) < 4.78 is 25.4. The van der Waals surface area contributed by atoms with Crippen LogP contribution in [0.2, 0.25) is 0 Å². The molecule has 0 spiro atoms. The Hall–Kier alpha value is -2.44. The van der Waals surface area contributed by atoms with Crippen LogP contribution in [0.15, 0.2) is 12.3 Å². The van der Waals surface area contributed by atoms with Gasteiger partial charge in [0.2, 0.25) is 0 Å². The molecule has 0 atom stereocenters. The highest BCUT2D eigenvalue weighted by molar-refractivity contribution is 5.88. The molecule has 0 amide bonds. The van der Waals surface area contributed by atoms with Gasteiger partial charge < -0.3 is 9.47 Å². The number of carbonyl (C=O) groups is 1. The predicted octanol–water partition coefficient (Wildman–Crippen LogP) is 2.11. The maximum atomic E-state index is 14.2. The Labute approximate surface area is 121 Å². The third-order valence-corrected chi connectivity index (χ3v) is 3.06. The van der Waals surface area contributed by atoms with Gasteiger partial charge in [-0.2, -0.15) is 5.10 Å². The Morgan fingerprint density at radius 2 is 2.19 bits per heavy atom. The molecule has 0 radical (unpaired) electrons. The van der Waals surface area contributed by atoms with Gasteiger partial charge in [-0.3, -0.25) is 4.68 Å². The molecule has 0 bridgehead atoms. The Morgan fingerprint density at radius 3 is 2.81 bits per heavy atom. The summed E-state index contributed by atoms with van der Waals surface area (Å²) in [6, 6.07) is 1.54. The van der Waals surface area contributed by atoms with Crippen molar-refractivity contribution in [1.82, 2.24) is 14.8 Å². The fourth-order valence-electron chi connectivity index (χ4n) is 1.97. The maximum absolute atomic E-state index is 14.2. The summed E-state index contributed by atoms with van der Waals surface area (Å²) in [5.41, 5.74) is 1.65. The molecule has 0 aromatic carbocycles. The van der Waals surface area contributed by atoms with Gasteiger partial charge in [0.1, 0.15) is 0 Å². The van der Waals surface area contributed by atoms with Crippen molar-refractivity contribution in [2.24, 2.45) is 7.05 Å². The highest BCUT2D eigenvalue weighted by Gasteiger charge is 2.19. The highest BCUT2D eigenvalue weighted by Crippen LogP contribution is 2.28. The van der Waals surface area contributed by atoms with E-state index in [4.69, 9.17) is 4.74 Å². The van der Waals surface area contributed by atoms with Crippen molar-refractivity contribution in [3.05, 3.63) is 29.3 Å². The van der Waals surface area contributed by atoms with Crippen LogP contribution >= 0.6 is 0 Å². The molecule has 7 heteroatoms. The quantitative estimate of drug-likeness (QED) is 0.808. The van der Waals surface area contributed by atoms with E-state index >= 15 is 0 Å². The maximum Gasteiger partial charge on any atom is 0.358 e. The van der Waals surface area contributed by atoms with Crippen LogP contribution in [0.4, 0.5) is 4.39 Å². The predicted molar refractivity (Wildman–Crippen MR) is 73.6 cm³/mol. The number of hydrogen-bond donors (Lipinski definition) is 0. The number of aromatic nitrogens is 3. The number of methoxy groups -OCH3 is 1. The fourth-order valence-corrected chi connectivity index (χ4v) is 1.97. The molecule has 0 fully saturated rings. The summed E-state index contributed by atoms with van der Waals surface area (Å²) in [6.45, 7) is 3.72. The second-order valence-corrected chi connectivity index (χ2v) is 4.38. The summed E-state index contributed by atoms with van der Waals surface area (Å²) in [7, 11) is 2.94. The fraction of sp³-hybridized carbons (Fsp3) is 0.357. The standard InChI is InChI=1S/C14H16FN3O3/c1-5-21-13-12(15)8(2)9(7-16-13)11-6-10(14(19)20-4)17-18(11)3/h6-7H,5H2,1-4H3. The number of halogens is 1. The molecule has 0 unspecified atom stereocenters. The van der Waals surface area contributed by atoms with E-state index < -0.39 is 11.8 Å². The Bertz CT molecular complexity index is 682. The van der Waals surface area contributed by atoms with Gasteiger partial charge in [0.05, 0.1) is 19.4 Å². The van der Waals surface area contributed by atoms with Crippen molar-refractivity contribution in [2.45, 2.75) is 13.8 Å². The zero-order chi connectivity index (χ0) is 15.6. The topological polar surface area (TPSA) is 66.2 Å². The van der Waals surface area contributed by atoms with Crippen LogP contribution in [0.3, 0.4) is 0 Å². The summed E-state index contributed by atoms with van der Waals surface area (Å²) in [6.07, 6.45) is 1.50. The number of esters is 1. The van der Waals surface area contributed by atoms with E-state index in [1.807, 2.05) is 0 Å². The van der Waals surface area contributed by atoms with Crippen LogP contribution in [-0.2, 0) is 11.8 Å². The lowest BCUT2D eigenvalue weighted by molar-refractivity contribution is 0.0593. The van der Waals surface area contributed by atoms with Crippen molar-refractivity contribution in [2.75, 3.05) is 13.7 Å². The average molecular weight is 293 g/mol. The normalized spacial score (nSPS) is 10.5. The summed E-state index contributed by atoms with van der Waals surface area (Å²) in [5, 5.41) is 4.05. The number of nitrogens with zero attached hydrogens (tertiary/aromatic N) is 3. The van der Waals surface area contributed by atoms with E-state index in [2.05, 4.69) is 14.8 Å². The van der Waals surface area contributed by atoms with E-state index in [9.17, 15) is 9.18 Å². The van der Waals surface area contributed by atoms with Gasteiger partial charge in [-0.15, -0.1) is 0 Å². The third-order valence-electron chi connectivity index (χ3n) is 3.06. The van der Waals surface area contributed by atoms with Gasteiger partial charge >= 0.3 is 5.97 Å². The lowest BCUT2D eigenvalue weighted by Gasteiger charge is -2.10. The first kappa shape index (κ1) is 15.0. The highest BCUT2D eigenvalue weighted by atomic mass is 19.1. The van der Waals surface area contributed by atoms with Gasteiger partial charge in [0, 0.05) is 24.4 Å². The second kappa shape index (κ2) is 5.90.